The van der Waals surface area contributed by atoms with E-state index in [2.05, 4.69) is 35.4 Å². The normalized spacial score (nSPS) is 13.4. The van der Waals surface area contributed by atoms with Crippen molar-refractivity contribution in [3.63, 3.8) is 0 Å². The molecule has 0 atom stereocenters. The summed E-state index contributed by atoms with van der Waals surface area (Å²) in [5.74, 6) is 1.47. The zero-order valence-electron chi connectivity index (χ0n) is 16.5. The standard InChI is InChI=1S/C25H23N3O/c1-28-16-21-14-23(24(15-22(21)27-28)29-17-18-12-13-18)26-25(19-8-4-2-5-9-19)20-10-6-3-7-11-20/h2-11,14-16,18H,12-13,17H2,1H3. The summed E-state index contributed by atoms with van der Waals surface area (Å²) in [6.45, 7) is 0.743. The third kappa shape index (κ3) is 3.92. The molecule has 4 aromatic rings. The number of aromatic nitrogens is 2. The second kappa shape index (κ2) is 7.55. The maximum atomic E-state index is 6.19. The zero-order valence-corrected chi connectivity index (χ0v) is 16.5. The molecule has 0 aliphatic heterocycles. The van der Waals surface area contributed by atoms with E-state index in [4.69, 9.17) is 9.73 Å². The van der Waals surface area contributed by atoms with Gasteiger partial charge in [0.1, 0.15) is 11.4 Å². The largest absolute Gasteiger partial charge is 0.491 e. The van der Waals surface area contributed by atoms with Crippen LogP contribution in [0.25, 0.3) is 10.9 Å². The van der Waals surface area contributed by atoms with Gasteiger partial charge < -0.3 is 4.74 Å². The minimum atomic E-state index is 0.675. The summed E-state index contributed by atoms with van der Waals surface area (Å²) in [5.41, 5.74) is 4.87. The summed E-state index contributed by atoms with van der Waals surface area (Å²) in [6.07, 6.45) is 4.52. The van der Waals surface area contributed by atoms with Crippen molar-refractivity contribution < 1.29 is 4.74 Å². The second-order valence-electron chi connectivity index (χ2n) is 7.63. The van der Waals surface area contributed by atoms with E-state index in [9.17, 15) is 0 Å². The lowest BCUT2D eigenvalue weighted by Crippen LogP contribution is -2.04. The Morgan fingerprint density at radius 2 is 1.66 bits per heavy atom. The molecule has 0 spiro atoms. The van der Waals surface area contributed by atoms with E-state index in [-0.39, 0.29) is 0 Å². The molecule has 0 N–H and O–H groups in total. The fourth-order valence-electron chi connectivity index (χ4n) is 3.47. The predicted molar refractivity (Wildman–Crippen MR) is 117 cm³/mol. The van der Waals surface area contributed by atoms with Gasteiger partial charge in [-0.1, -0.05) is 60.7 Å². The maximum absolute atomic E-state index is 6.19. The highest BCUT2D eigenvalue weighted by Gasteiger charge is 2.23. The lowest BCUT2D eigenvalue weighted by Gasteiger charge is -2.12. The fraction of sp³-hybridized carbons (Fsp3) is 0.200. The van der Waals surface area contributed by atoms with Crippen molar-refractivity contribution >= 4 is 22.3 Å². The van der Waals surface area contributed by atoms with Crippen LogP contribution in [0.5, 0.6) is 5.75 Å². The molecule has 0 unspecified atom stereocenters. The lowest BCUT2D eigenvalue weighted by molar-refractivity contribution is 0.301. The van der Waals surface area contributed by atoms with Crippen molar-refractivity contribution in [2.24, 2.45) is 18.0 Å². The van der Waals surface area contributed by atoms with Gasteiger partial charge in [-0.15, -0.1) is 0 Å². The molecular formula is C25H23N3O. The van der Waals surface area contributed by atoms with Crippen LogP contribution in [0.1, 0.15) is 24.0 Å². The number of rotatable bonds is 6. The highest BCUT2D eigenvalue weighted by atomic mass is 16.5. The summed E-state index contributed by atoms with van der Waals surface area (Å²) >= 11 is 0. The number of ether oxygens (including phenoxy) is 1. The molecule has 1 aliphatic carbocycles. The van der Waals surface area contributed by atoms with E-state index in [0.717, 1.165) is 45.8 Å². The van der Waals surface area contributed by atoms with E-state index in [1.807, 2.05) is 60.4 Å². The second-order valence-corrected chi connectivity index (χ2v) is 7.63. The molecule has 1 saturated carbocycles. The summed E-state index contributed by atoms with van der Waals surface area (Å²) in [7, 11) is 1.94. The highest BCUT2D eigenvalue weighted by Crippen LogP contribution is 2.36. The Hall–Kier alpha value is -3.40. The van der Waals surface area contributed by atoms with E-state index in [1.165, 1.54) is 12.8 Å². The van der Waals surface area contributed by atoms with Crippen LogP contribution in [0.3, 0.4) is 0 Å². The topological polar surface area (TPSA) is 39.4 Å². The van der Waals surface area contributed by atoms with Gasteiger partial charge in [-0.25, -0.2) is 4.99 Å². The van der Waals surface area contributed by atoms with Crippen LogP contribution in [0.15, 0.2) is 84.0 Å². The van der Waals surface area contributed by atoms with E-state index < -0.39 is 0 Å². The van der Waals surface area contributed by atoms with Crippen LogP contribution in [0.2, 0.25) is 0 Å². The molecule has 1 fully saturated rings. The Labute approximate surface area is 170 Å². The molecule has 0 saturated heterocycles. The van der Waals surface area contributed by atoms with Crippen molar-refractivity contribution in [1.29, 1.82) is 0 Å². The highest BCUT2D eigenvalue weighted by molar-refractivity contribution is 6.14. The Morgan fingerprint density at radius 3 is 2.28 bits per heavy atom. The van der Waals surface area contributed by atoms with Crippen LogP contribution in [0.4, 0.5) is 5.69 Å². The zero-order chi connectivity index (χ0) is 19.6. The van der Waals surface area contributed by atoms with Crippen LogP contribution in [-0.2, 0) is 7.05 Å². The van der Waals surface area contributed by atoms with E-state index >= 15 is 0 Å². The van der Waals surface area contributed by atoms with Gasteiger partial charge in [-0.2, -0.15) is 5.10 Å². The van der Waals surface area contributed by atoms with E-state index in [1.54, 1.807) is 0 Å². The molecule has 1 aliphatic rings. The van der Waals surface area contributed by atoms with Gasteiger partial charge in [0.25, 0.3) is 0 Å². The van der Waals surface area contributed by atoms with Gasteiger partial charge in [0.2, 0.25) is 0 Å². The Kier molecular flexibility index (Phi) is 4.60. The first-order chi connectivity index (χ1) is 14.3. The van der Waals surface area contributed by atoms with Crippen molar-refractivity contribution in [3.8, 4) is 5.75 Å². The minimum Gasteiger partial charge on any atom is -0.491 e. The molecule has 0 bridgehead atoms. The first kappa shape index (κ1) is 17.7. The summed E-state index contributed by atoms with van der Waals surface area (Å²) in [4.78, 5) is 5.11. The molecule has 1 heterocycles. The molecule has 5 rings (SSSR count). The Bertz CT molecular complexity index is 1120. The van der Waals surface area contributed by atoms with Gasteiger partial charge >= 0.3 is 0 Å². The smallest absolute Gasteiger partial charge is 0.147 e. The Balaban J connectivity index is 1.65. The molecule has 144 valence electrons. The molecule has 0 radical (unpaired) electrons. The number of aryl methyl sites for hydroxylation is 1. The fourth-order valence-corrected chi connectivity index (χ4v) is 3.47. The number of aliphatic imine (C=N–C) groups is 1. The summed E-state index contributed by atoms with van der Waals surface area (Å²) in [5, 5.41) is 5.60. The molecule has 3 aromatic carbocycles. The molecule has 4 heteroatoms. The molecule has 0 amide bonds. The SMILES string of the molecule is Cn1cc2cc(N=C(c3ccccc3)c3ccccc3)c(OCC3CC3)cc2n1. The number of fused-ring (bicyclic) bond motifs is 1. The number of hydrogen-bond donors (Lipinski definition) is 0. The Morgan fingerprint density at radius 1 is 1.00 bits per heavy atom. The summed E-state index contributed by atoms with van der Waals surface area (Å²) < 4.78 is 8.03. The van der Waals surface area contributed by atoms with Gasteiger partial charge in [0, 0.05) is 35.8 Å². The monoisotopic (exact) mass is 381 g/mol. The molecular weight excluding hydrogens is 358 g/mol. The number of hydrogen-bond acceptors (Lipinski definition) is 3. The van der Waals surface area contributed by atoms with Crippen molar-refractivity contribution in [1.82, 2.24) is 9.78 Å². The first-order valence-corrected chi connectivity index (χ1v) is 10.1. The van der Waals surface area contributed by atoms with E-state index in [0.29, 0.717) is 5.92 Å². The number of nitrogens with zero attached hydrogens (tertiary/aromatic N) is 3. The summed E-state index contributed by atoms with van der Waals surface area (Å²) in [6, 6.07) is 24.7. The third-order valence-corrected chi connectivity index (χ3v) is 5.20. The third-order valence-electron chi connectivity index (χ3n) is 5.20. The number of benzene rings is 3. The van der Waals surface area contributed by atoms with Crippen molar-refractivity contribution in [2.45, 2.75) is 12.8 Å². The minimum absolute atomic E-state index is 0.675. The molecule has 1 aromatic heterocycles. The van der Waals surface area contributed by atoms with Crippen LogP contribution in [-0.4, -0.2) is 22.1 Å². The van der Waals surface area contributed by atoms with Crippen molar-refractivity contribution in [2.75, 3.05) is 6.61 Å². The predicted octanol–water partition coefficient (Wildman–Crippen LogP) is 5.53. The molecule has 29 heavy (non-hydrogen) atoms. The van der Waals surface area contributed by atoms with Gasteiger partial charge in [0.05, 0.1) is 17.8 Å². The lowest BCUT2D eigenvalue weighted by atomic mass is 10.0. The van der Waals surface area contributed by atoms with Crippen LogP contribution < -0.4 is 4.74 Å². The average molecular weight is 381 g/mol. The van der Waals surface area contributed by atoms with Crippen molar-refractivity contribution in [3.05, 3.63) is 90.1 Å². The van der Waals surface area contributed by atoms with Gasteiger partial charge in [0.15, 0.2) is 0 Å². The van der Waals surface area contributed by atoms with Gasteiger partial charge in [-0.05, 0) is 24.8 Å². The average Bonchev–Trinajstić information content (AvgIpc) is 3.51. The van der Waals surface area contributed by atoms with Crippen LogP contribution in [0, 0.1) is 5.92 Å². The first-order valence-electron chi connectivity index (χ1n) is 10.1. The maximum Gasteiger partial charge on any atom is 0.147 e. The van der Waals surface area contributed by atoms with Crippen LogP contribution >= 0.6 is 0 Å². The quantitative estimate of drug-likeness (QED) is 0.412. The molecule has 4 nitrogen and oxygen atoms in total. The van der Waals surface area contributed by atoms with Gasteiger partial charge in [-0.3, -0.25) is 4.68 Å².